The molecule has 2 rings (SSSR count). The Labute approximate surface area is 337 Å². The van der Waals surface area contributed by atoms with Crippen LogP contribution in [0, 0.1) is 47.3 Å². The van der Waals surface area contributed by atoms with Gasteiger partial charge in [-0.1, -0.05) is 89.5 Å². The van der Waals surface area contributed by atoms with Crippen LogP contribution in [0.5, 0.6) is 0 Å². The number of nitrogens with zero attached hydrogens (tertiary/aromatic N) is 2. The smallest absolute Gasteiger partial charge is 0.233 e. The molecular formula is C43H75N3O10. The molecule has 0 aliphatic carbocycles. The molecule has 13 heteroatoms. The maximum atomic E-state index is 12.0. The summed E-state index contributed by atoms with van der Waals surface area (Å²) in [7, 11) is 0. The van der Waals surface area contributed by atoms with Crippen molar-refractivity contribution in [3.8, 4) is 0 Å². The van der Waals surface area contributed by atoms with Crippen molar-refractivity contribution in [3.63, 3.8) is 0 Å². The molecule has 0 aromatic rings. The minimum absolute atomic E-state index is 0.0259. The maximum Gasteiger partial charge on any atom is 0.233 e. The van der Waals surface area contributed by atoms with E-state index in [4.69, 9.17) is 9.47 Å². The molecule has 0 radical (unpaired) electrons. The van der Waals surface area contributed by atoms with Crippen LogP contribution in [0.25, 0.3) is 0 Å². The Morgan fingerprint density at radius 3 is 1.50 bits per heavy atom. The van der Waals surface area contributed by atoms with Gasteiger partial charge in [0.15, 0.2) is 5.78 Å². The molecule has 2 heterocycles. The highest BCUT2D eigenvalue weighted by atomic mass is 16.5. The van der Waals surface area contributed by atoms with Gasteiger partial charge in [0.25, 0.3) is 0 Å². The van der Waals surface area contributed by atoms with E-state index in [2.05, 4.69) is 5.32 Å². The Morgan fingerprint density at radius 1 is 0.589 bits per heavy atom. The summed E-state index contributed by atoms with van der Waals surface area (Å²) in [6, 6.07) is 0. The molecule has 0 aromatic carbocycles. The van der Waals surface area contributed by atoms with Gasteiger partial charge >= 0.3 is 0 Å². The number of rotatable bonds is 24. The zero-order valence-electron chi connectivity index (χ0n) is 36.7. The first-order valence-electron chi connectivity index (χ1n) is 20.8. The highest BCUT2D eigenvalue weighted by molar-refractivity contribution is 6.04. The van der Waals surface area contributed by atoms with E-state index in [1.807, 2.05) is 83.1 Å². The predicted molar refractivity (Wildman–Crippen MR) is 216 cm³/mol. The second-order valence-electron chi connectivity index (χ2n) is 16.9. The minimum atomic E-state index is -0.198. The van der Waals surface area contributed by atoms with Gasteiger partial charge in [-0.2, -0.15) is 0 Å². The van der Waals surface area contributed by atoms with Crippen LogP contribution in [0.2, 0.25) is 0 Å². The molecule has 0 aromatic heterocycles. The fraction of sp³-hybridized carbons (Fsp3) is 0.814. The lowest BCUT2D eigenvalue weighted by Crippen LogP contribution is -2.34. The van der Waals surface area contributed by atoms with Crippen LogP contribution in [0.3, 0.4) is 0 Å². The van der Waals surface area contributed by atoms with Crippen LogP contribution in [-0.4, -0.2) is 103 Å². The second-order valence-corrected chi connectivity index (χ2v) is 16.9. The van der Waals surface area contributed by atoms with Gasteiger partial charge in [0, 0.05) is 74.8 Å². The van der Waals surface area contributed by atoms with Crippen LogP contribution >= 0.6 is 0 Å². The summed E-state index contributed by atoms with van der Waals surface area (Å²) >= 11 is 0. The number of carbonyl (C=O) groups is 8. The molecule has 2 aliphatic rings. The molecular weight excluding hydrogens is 718 g/mol. The van der Waals surface area contributed by atoms with E-state index in [0.29, 0.717) is 57.2 Å². The van der Waals surface area contributed by atoms with Crippen LogP contribution < -0.4 is 5.32 Å². The molecule has 0 spiro atoms. The first-order valence-corrected chi connectivity index (χ1v) is 20.8. The molecule has 2 fully saturated rings. The Morgan fingerprint density at radius 2 is 1.05 bits per heavy atom. The average Bonchev–Trinajstić information content (AvgIpc) is 3.56. The highest BCUT2D eigenvalue weighted by Crippen LogP contribution is 2.27. The standard InChI is InChI=1S/C16H27NO5.C14H27NO2.C13H21NO3/c1-11(2)13-9-15(19)17(16(13)20)5-6-21-7-8-22-10-14(18)12(3)4;1-11(2)10-14(17)15-9-7-5-6-8-13(16)12(3)4;1-8(2)10-7-12(16)14(13(10)17)6-5-11(15)9(3)4/h11-13H,5-10H2,1-4H3;11-12H,5-10H2,1-4H3,(H,15,17);8-10H,5-7H2,1-4H3. The molecule has 322 valence electrons. The summed E-state index contributed by atoms with van der Waals surface area (Å²) < 4.78 is 10.5. The summed E-state index contributed by atoms with van der Waals surface area (Å²) in [6.07, 6.45) is 5.08. The SMILES string of the molecule is CC(C)C(=O)CCN1C(=O)CC(C(C)C)C1=O.CC(C)C(=O)COCCOCCN1C(=O)CC(C(C)C)C1=O.CC(C)CC(=O)NCCCCCC(=O)C(C)C. The van der Waals surface area contributed by atoms with Gasteiger partial charge in [0.1, 0.15) is 18.2 Å². The van der Waals surface area contributed by atoms with Gasteiger partial charge in [0.05, 0.1) is 26.4 Å². The molecule has 2 unspecified atom stereocenters. The number of likely N-dealkylation sites (tertiary alicyclic amines) is 2. The van der Waals surface area contributed by atoms with E-state index in [0.717, 1.165) is 25.8 Å². The van der Waals surface area contributed by atoms with Crippen molar-refractivity contribution in [2.24, 2.45) is 47.3 Å². The number of Topliss-reactive ketones (excluding diaryl/α,β-unsaturated/α-hetero) is 3. The third-order valence-corrected chi connectivity index (χ3v) is 9.77. The quantitative estimate of drug-likeness (QED) is 0.0924. The molecule has 1 N–H and O–H groups in total. The van der Waals surface area contributed by atoms with Gasteiger partial charge in [-0.15, -0.1) is 0 Å². The van der Waals surface area contributed by atoms with Crippen LogP contribution in [0.1, 0.15) is 134 Å². The first-order chi connectivity index (χ1) is 26.1. The minimum Gasteiger partial charge on any atom is -0.377 e. The van der Waals surface area contributed by atoms with Crippen LogP contribution in [0.4, 0.5) is 0 Å². The van der Waals surface area contributed by atoms with Crippen molar-refractivity contribution in [1.29, 1.82) is 0 Å². The van der Waals surface area contributed by atoms with Gasteiger partial charge in [-0.25, -0.2) is 0 Å². The fourth-order valence-corrected chi connectivity index (χ4v) is 5.72. The van der Waals surface area contributed by atoms with Gasteiger partial charge in [0.2, 0.25) is 29.5 Å². The van der Waals surface area contributed by atoms with Crippen molar-refractivity contribution < 1.29 is 47.8 Å². The number of unbranched alkanes of at least 4 members (excludes halogenated alkanes) is 2. The number of hydrogen-bond donors (Lipinski definition) is 1. The molecule has 2 saturated heterocycles. The topological polar surface area (TPSA) is 174 Å². The maximum absolute atomic E-state index is 12.0. The van der Waals surface area contributed by atoms with Crippen molar-refractivity contribution >= 4 is 46.9 Å². The lowest BCUT2D eigenvalue weighted by atomic mass is 9.94. The predicted octanol–water partition coefficient (Wildman–Crippen LogP) is 5.84. The summed E-state index contributed by atoms with van der Waals surface area (Å²) in [5.74, 6) is 0.644. The number of amides is 5. The van der Waals surface area contributed by atoms with Gasteiger partial charge in [-0.3, -0.25) is 48.2 Å². The summed E-state index contributed by atoms with van der Waals surface area (Å²) in [5, 5.41) is 2.90. The van der Waals surface area contributed by atoms with E-state index in [9.17, 15) is 38.4 Å². The zero-order valence-corrected chi connectivity index (χ0v) is 36.7. The zero-order chi connectivity index (χ0) is 43.1. The van der Waals surface area contributed by atoms with E-state index in [1.54, 1.807) is 0 Å². The molecule has 2 atom stereocenters. The summed E-state index contributed by atoms with van der Waals surface area (Å²) in [6.45, 7) is 25.4. The van der Waals surface area contributed by atoms with Crippen LogP contribution in [0.15, 0.2) is 0 Å². The van der Waals surface area contributed by atoms with Crippen molar-refractivity contribution in [2.45, 2.75) is 134 Å². The lowest BCUT2D eigenvalue weighted by Gasteiger charge is -2.16. The molecule has 56 heavy (non-hydrogen) atoms. The first kappa shape index (κ1) is 52.7. The Hall–Kier alpha value is -3.32. The number of carbonyl (C=O) groups excluding carboxylic acids is 8. The average molecular weight is 794 g/mol. The molecule has 5 amide bonds. The molecule has 2 aliphatic heterocycles. The lowest BCUT2D eigenvalue weighted by molar-refractivity contribution is -0.142. The largest absolute Gasteiger partial charge is 0.377 e. The van der Waals surface area contributed by atoms with Gasteiger partial charge < -0.3 is 14.8 Å². The fourth-order valence-electron chi connectivity index (χ4n) is 5.72. The Bertz CT molecular complexity index is 1270. The number of ether oxygens (including phenoxy) is 2. The molecule has 0 bridgehead atoms. The number of imide groups is 2. The van der Waals surface area contributed by atoms with E-state index in [-0.39, 0.29) is 109 Å². The Kier molecular flexibility index (Phi) is 26.5. The second kappa shape index (κ2) is 28.1. The van der Waals surface area contributed by atoms with Crippen molar-refractivity contribution in [2.75, 3.05) is 46.1 Å². The third kappa shape index (κ3) is 21.3. The summed E-state index contributed by atoms with van der Waals surface area (Å²) in [5.41, 5.74) is 0. The Balaban J connectivity index is 0.000000821. The van der Waals surface area contributed by atoms with E-state index in [1.165, 1.54) is 9.80 Å². The van der Waals surface area contributed by atoms with E-state index >= 15 is 0 Å². The monoisotopic (exact) mass is 794 g/mol. The number of ketones is 3. The van der Waals surface area contributed by atoms with Crippen LogP contribution in [-0.2, 0) is 47.8 Å². The summed E-state index contributed by atoms with van der Waals surface area (Å²) in [4.78, 5) is 95.4. The van der Waals surface area contributed by atoms with Crippen molar-refractivity contribution in [3.05, 3.63) is 0 Å². The van der Waals surface area contributed by atoms with E-state index < -0.39 is 0 Å². The van der Waals surface area contributed by atoms with Gasteiger partial charge in [-0.05, 0) is 30.6 Å². The highest BCUT2D eigenvalue weighted by Gasteiger charge is 2.40. The third-order valence-electron chi connectivity index (χ3n) is 9.77. The molecule has 13 nitrogen and oxygen atoms in total. The molecule has 0 saturated carbocycles. The van der Waals surface area contributed by atoms with Crippen molar-refractivity contribution in [1.82, 2.24) is 15.1 Å². The number of hydrogen-bond acceptors (Lipinski definition) is 10. The number of nitrogens with one attached hydrogen (secondary N) is 1. The normalized spacial score (nSPS) is 17.0.